The van der Waals surface area contributed by atoms with E-state index in [0.29, 0.717) is 17.2 Å². The van der Waals surface area contributed by atoms with Crippen LogP contribution < -0.4 is 23.7 Å². The van der Waals surface area contributed by atoms with Crippen LogP contribution in [0.15, 0.2) is 30.3 Å². The molecule has 0 saturated carbocycles. The second-order valence-corrected chi connectivity index (χ2v) is 5.48. The van der Waals surface area contributed by atoms with Gasteiger partial charge in [0.05, 0.1) is 41.1 Å². The Morgan fingerprint density at radius 3 is 1.79 bits per heavy atom. The fourth-order valence-corrected chi connectivity index (χ4v) is 2.53. The maximum atomic E-state index is 12.6. The number of carbonyl (C=O) groups excluding carboxylic acids is 2. The van der Waals surface area contributed by atoms with Gasteiger partial charge in [0.25, 0.3) is 0 Å². The van der Waals surface area contributed by atoms with E-state index < -0.39 is 18.4 Å². The van der Waals surface area contributed by atoms with Crippen molar-refractivity contribution in [2.45, 2.75) is 0 Å². The van der Waals surface area contributed by atoms with Crippen LogP contribution in [0.4, 0.5) is 0 Å². The molecule has 0 amide bonds. The monoisotopic (exact) mass is 390 g/mol. The van der Waals surface area contributed by atoms with E-state index in [1.54, 1.807) is 18.2 Å². The van der Waals surface area contributed by atoms with Gasteiger partial charge in [-0.15, -0.1) is 0 Å². The van der Waals surface area contributed by atoms with Crippen molar-refractivity contribution in [3.05, 3.63) is 41.5 Å². The van der Waals surface area contributed by atoms with Crippen LogP contribution in [0.3, 0.4) is 0 Å². The minimum atomic E-state index is -0.680. The molecule has 0 atom stereocenters. The molecule has 0 bridgehead atoms. The van der Waals surface area contributed by atoms with Crippen LogP contribution >= 0.6 is 0 Å². The lowest BCUT2D eigenvalue weighted by Gasteiger charge is -2.14. The number of rotatable bonds is 9. The van der Waals surface area contributed by atoms with Crippen molar-refractivity contribution < 1.29 is 38.0 Å². The Bertz CT molecular complexity index is 834. The van der Waals surface area contributed by atoms with Gasteiger partial charge in [0.2, 0.25) is 5.78 Å². The molecule has 0 aliphatic carbocycles. The summed E-state index contributed by atoms with van der Waals surface area (Å²) >= 11 is 0. The number of methoxy groups -OCH3 is 5. The van der Waals surface area contributed by atoms with Crippen molar-refractivity contribution in [2.24, 2.45) is 0 Å². The largest absolute Gasteiger partial charge is 0.496 e. The van der Waals surface area contributed by atoms with Crippen molar-refractivity contribution in [2.75, 3.05) is 42.2 Å². The molecule has 0 radical (unpaired) electrons. The number of ether oxygens (including phenoxy) is 6. The number of ketones is 1. The average Bonchev–Trinajstić information content (AvgIpc) is 2.75. The third-order valence-electron chi connectivity index (χ3n) is 3.95. The fraction of sp³-hybridized carbons (Fsp3) is 0.300. The molecule has 2 rings (SSSR count). The summed E-state index contributed by atoms with van der Waals surface area (Å²) in [5.74, 6) is 0.662. The SMILES string of the molecule is COc1cc(OC)c(C(=O)COC(=O)c2ccc(OC)c(OC)c2)c(OC)c1. The highest BCUT2D eigenvalue weighted by Gasteiger charge is 2.22. The summed E-state index contributed by atoms with van der Waals surface area (Å²) in [5, 5.41) is 0. The van der Waals surface area contributed by atoms with Gasteiger partial charge in [-0.05, 0) is 18.2 Å². The van der Waals surface area contributed by atoms with Crippen molar-refractivity contribution in [1.29, 1.82) is 0 Å². The lowest BCUT2D eigenvalue weighted by atomic mass is 10.1. The van der Waals surface area contributed by atoms with Crippen LogP contribution in [0.2, 0.25) is 0 Å². The first-order chi connectivity index (χ1) is 13.5. The average molecular weight is 390 g/mol. The molecule has 0 unspecified atom stereocenters. The first-order valence-corrected chi connectivity index (χ1v) is 8.21. The zero-order chi connectivity index (χ0) is 20.7. The molecule has 0 N–H and O–H groups in total. The quantitative estimate of drug-likeness (QED) is 0.477. The standard InChI is InChI=1S/C20H22O8/c1-23-13-9-17(26-4)19(18(10-13)27-5)14(21)11-28-20(22)12-6-7-15(24-2)16(8-12)25-3/h6-10H,11H2,1-5H3. The van der Waals surface area contributed by atoms with Crippen LogP contribution in [0.5, 0.6) is 28.7 Å². The molecule has 0 aromatic heterocycles. The van der Waals surface area contributed by atoms with Crippen LogP contribution in [-0.2, 0) is 4.74 Å². The van der Waals surface area contributed by atoms with Crippen molar-refractivity contribution in [3.63, 3.8) is 0 Å². The molecule has 8 nitrogen and oxygen atoms in total. The van der Waals surface area contributed by atoms with E-state index in [4.69, 9.17) is 28.4 Å². The first kappa shape index (κ1) is 20.9. The second-order valence-electron chi connectivity index (χ2n) is 5.48. The van der Waals surface area contributed by atoms with Crippen molar-refractivity contribution >= 4 is 11.8 Å². The van der Waals surface area contributed by atoms with Gasteiger partial charge in [-0.25, -0.2) is 4.79 Å². The van der Waals surface area contributed by atoms with Crippen LogP contribution in [0.25, 0.3) is 0 Å². The lowest BCUT2D eigenvalue weighted by molar-refractivity contribution is 0.0472. The highest BCUT2D eigenvalue weighted by Crippen LogP contribution is 2.34. The van der Waals surface area contributed by atoms with Crippen LogP contribution in [-0.4, -0.2) is 53.9 Å². The van der Waals surface area contributed by atoms with Crippen LogP contribution in [0, 0.1) is 0 Å². The smallest absolute Gasteiger partial charge is 0.338 e. The highest BCUT2D eigenvalue weighted by molar-refractivity contribution is 6.04. The van der Waals surface area contributed by atoms with E-state index in [-0.39, 0.29) is 22.6 Å². The molecule has 0 aliphatic heterocycles. The fourth-order valence-electron chi connectivity index (χ4n) is 2.53. The predicted octanol–water partition coefficient (Wildman–Crippen LogP) is 2.77. The normalized spacial score (nSPS) is 10.0. The molecule has 0 aliphatic rings. The summed E-state index contributed by atoms with van der Waals surface area (Å²) in [6.45, 7) is -0.494. The van der Waals surface area contributed by atoms with Gasteiger partial charge in [0.15, 0.2) is 18.1 Å². The third-order valence-corrected chi connectivity index (χ3v) is 3.95. The molecular formula is C20H22O8. The Kier molecular flexibility index (Phi) is 7.08. The number of hydrogen-bond acceptors (Lipinski definition) is 8. The Hall–Kier alpha value is -3.42. The van der Waals surface area contributed by atoms with Gasteiger partial charge >= 0.3 is 5.97 Å². The minimum absolute atomic E-state index is 0.158. The molecule has 0 heterocycles. The van der Waals surface area contributed by atoms with E-state index in [9.17, 15) is 9.59 Å². The number of carbonyl (C=O) groups is 2. The zero-order valence-corrected chi connectivity index (χ0v) is 16.4. The summed E-state index contributed by atoms with van der Waals surface area (Å²) in [6, 6.07) is 7.66. The molecule has 0 spiro atoms. The number of Topliss-reactive ketones (excluding diaryl/α,β-unsaturated/α-hetero) is 1. The lowest BCUT2D eigenvalue weighted by Crippen LogP contribution is -2.16. The molecule has 2 aromatic rings. The summed E-state index contributed by atoms with van der Waals surface area (Å²) in [5.41, 5.74) is 0.380. The summed E-state index contributed by atoms with van der Waals surface area (Å²) in [6.07, 6.45) is 0. The van der Waals surface area contributed by atoms with E-state index in [2.05, 4.69) is 0 Å². The molecule has 0 saturated heterocycles. The topological polar surface area (TPSA) is 89.5 Å². The van der Waals surface area contributed by atoms with E-state index in [1.807, 2.05) is 0 Å². The van der Waals surface area contributed by atoms with E-state index >= 15 is 0 Å². The molecule has 8 heteroatoms. The minimum Gasteiger partial charge on any atom is -0.496 e. The maximum absolute atomic E-state index is 12.6. The molecular weight excluding hydrogens is 368 g/mol. The second kappa shape index (κ2) is 9.50. The van der Waals surface area contributed by atoms with Crippen molar-refractivity contribution in [1.82, 2.24) is 0 Å². The van der Waals surface area contributed by atoms with Gasteiger partial charge in [0, 0.05) is 12.1 Å². The Morgan fingerprint density at radius 1 is 0.714 bits per heavy atom. The number of hydrogen-bond donors (Lipinski definition) is 0. The summed E-state index contributed by atoms with van der Waals surface area (Å²) in [7, 11) is 7.27. The van der Waals surface area contributed by atoms with Crippen molar-refractivity contribution in [3.8, 4) is 28.7 Å². The summed E-state index contributed by atoms with van der Waals surface area (Å²) in [4.78, 5) is 24.9. The van der Waals surface area contributed by atoms with E-state index in [0.717, 1.165) is 0 Å². The Morgan fingerprint density at radius 2 is 1.29 bits per heavy atom. The Balaban J connectivity index is 2.19. The maximum Gasteiger partial charge on any atom is 0.338 e. The van der Waals surface area contributed by atoms with Crippen LogP contribution in [0.1, 0.15) is 20.7 Å². The summed E-state index contributed by atoms with van der Waals surface area (Å²) < 4.78 is 31.1. The third kappa shape index (κ3) is 4.46. The first-order valence-electron chi connectivity index (χ1n) is 8.21. The number of esters is 1. The highest BCUT2D eigenvalue weighted by atomic mass is 16.5. The van der Waals surface area contributed by atoms with Gasteiger partial charge in [-0.2, -0.15) is 0 Å². The van der Waals surface area contributed by atoms with Gasteiger partial charge < -0.3 is 28.4 Å². The van der Waals surface area contributed by atoms with Gasteiger partial charge in [0.1, 0.15) is 22.8 Å². The molecule has 150 valence electrons. The predicted molar refractivity (Wildman–Crippen MR) is 100 cm³/mol. The molecule has 28 heavy (non-hydrogen) atoms. The Labute approximate surface area is 162 Å². The van der Waals surface area contributed by atoms with Gasteiger partial charge in [-0.1, -0.05) is 0 Å². The molecule has 0 fully saturated rings. The molecule has 2 aromatic carbocycles. The number of benzene rings is 2. The zero-order valence-electron chi connectivity index (χ0n) is 16.4. The van der Waals surface area contributed by atoms with Gasteiger partial charge in [-0.3, -0.25) is 4.79 Å². The van der Waals surface area contributed by atoms with E-state index in [1.165, 1.54) is 47.7 Å².